The van der Waals surface area contributed by atoms with E-state index in [-0.39, 0.29) is 5.38 Å². The zero-order valence-corrected chi connectivity index (χ0v) is 10.9. The molecule has 1 unspecified atom stereocenters. The Morgan fingerprint density at radius 1 is 1.35 bits per heavy atom. The van der Waals surface area contributed by atoms with Gasteiger partial charge in [0.25, 0.3) is 0 Å². The van der Waals surface area contributed by atoms with Crippen molar-refractivity contribution < 1.29 is 14.2 Å². The Morgan fingerprint density at radius 3 is 2.82 bits per heavy atom. The van der Waals surface area contributed by atoms with Crippen LogP contribution in [0.5, 0.6) is 17.2 Å². The Morgan fingerprint density at radius 2 is 2.12 bits per heavy atom. The fourth-order valence-corrected chi connectivity index (χ4v) is 1.95. The Labute approximate surface area is 107 Å². The van der Waals surface area contributed by atoms with Gasteiger partial charge in [0.15, 0.2) is 11.5 Å². The van der Waals surface area contributed by atoms with Gasteiger partial charge in [-0.15, -0.1) is 11.6 Å². The number of halogens is 1. The summed E-state index contributed by atoms with van der Waals surface area (Å²) in [6.07, 6.45) is 1.85. The average molecular weight is 257 g/mol. The SMILES string of the molecule is COc1cc(CCC(C)Cl)cc2c1OCCO2. The van der Waals surface area contributed by atoms with Gasteiger partial charge in [-0.05, 0) is 37.5 Å². The lowest BCUT2D eigenvalue weighted by atomic mass is 10.1. The van der Waals surface area contributed by atoms with E-state index in [1.165, 1.54) is 5.56 Å². The molecule has 0 saturated carbocycles. The summed E-state index contributed by atoms with van der Waals surface area (Å²) in [5.41, 5.74) is 1.17. The van der Waals surface area contributed by atoms with Gasteiger partial charge in [0, 0.05) is 5.38 Å². The number of aryl methyl sites for hydroxylation is 1. The van der Waals surface area contributed by atoms with E-state index in [9.17, 15) is 0 Å². The molecule has 17 heavy (non-hydrogen) atoms. The van der Waals surface area contributed by atoms with Crippen LogP contribution in [-0.2, 0) is 6.42 Å². The summed E-state index contributed by atoms with van der Waals surface area (Å²) in [5, 5.41) is 0.175. The van der Waals surface area contributed by atoms with Crippen LogP contribution in [0.15, 0.2) is 12.1 Å². The molecule has 1 heterocycles. The van der Waals surface area contributed by atoms with Gasteiger partial charge in [0.05, 0.1) is 7.11 Å². The first-order valence-corrected chi connectivity index (χ1v) is 6.25. The molecule has 1 aromatic carbocycles. The normalized spacial score (nSPS) is 15.5. The molecule has 1 atom stereocenters. The van der Waals surface area contributed by atoms with Gasteiger partial charge >= 0.3 is 0 Å². The predicted molar refractivity (Wildman–Crippen MR) is 67.6 cm³/mol. The van der Waals surface area contributed by atoms with E-state index >= 15 is 0 Å². The molecule has 0 aromatic heterocycles. The van der Waals surface area contributed by atoms with Crippen LogP contribution in [0.4, 0.5) is 0 Å². The number of alkyl halides is 1. The van der Waals surface area contributed by atoms with E-state index in [1.54, 1.807) is 7.11 Å². The van der Waals surface area contributed by atoms with E-state index < -0.39 is 0 Å². The van der Waals surface area contributed by atoms with Crippen molar-refractivity contribution in [2.75, 3.05) is 20.3 Å². The highest BCUT2D eigenvalue weighted by atomic mass is 35.5. The van der Waals surface area contributed by atoms with E-state index in [0.29, 0.717) is 19.0 Å². The lowest BCUT2D eigenvalue weighted by Crippen LogP contribution is -2.16. The molecule has 3 nitrogen and oxygen atoms in total. The maximum atomic E-state index is 5.96. The van der Waals surface area contributed by atoms with Crippen molar-refractivity contribution >= 4 is 11.6 Å². The number of rotatable bonds is 4. The molecule has 0 saturated heterocycles. The molecule has 0 spiro atoms. The summed E-state index contributed by atoms with van der Waals surface area (Å²) >= 11 is 5.96. The molecule has 1 aromatic rings. The molecule has 4 heteroatoms. The smallest absolute Gasteiger partial charge is 0.203 e. The second-order valence-electron chi connectivity index (χ2n) is 4.14. The minimum Gasteiger partial charge on any atom is -0.493 e. The van der Waals surface area contributed by atoms with Crippen molar-refractivity contribution in [1.29, 1.82) is 0 Å². The van der Waals surface area contributed by atoms with E-state index in [1.807, 2.05) is 19.1 Å². The third kappa shape index (κ3) is 2.97. The summed E-state index contributed by atoms with van der Waals surface area (Å²) in [6, 6.07) is 4.00. The molecule has 1 aliphatic rings. The average Bonchev–Trinajstić information content (AvgIpc) is 2.35. The van der Waals surface area contributed by atoms with Crippen molar-refractivity contribution in [2.24, 2.45) is 0 Å². The van der Waals surface area contributed by atoms with Gasteiger partial charge in [-0.2, -0.15) is 0 Å². The number of benzene rings is 1. The van der Waals surface area contributed by atoms with Crippen LogP contribution < -0.4 is 14.2 Å². The van der Waals surface area contributed by atoms with Crippen LogP contribution in [0.2, 0.25) is 0 Å². The van der Waals surface area contributed by atoms with Crippen molar-refractivity contribution in [3.63, 3.8) is 0 Å². The Hall–Kier alpha value is -1.09. The highest BCUT2D eigenvalue weighted by molar-refractivity contribution is 6.20. The van der Waals surface area contributed by atoms with Gasteiger partial charge in [-0.25, -0.2) is 0 Å². The first-order valence-electron chi connectivity index (χ1n) is 5.81. The van der Waals surface area contributed by atoms with Crippen LogP contribution in [-0.4, -0.2) is 25.7 Å². The van der Waals surface area contributed by atoms with Crippen molar-refractivity contribution in [2.45, 2.75) is 25.1 Å². The highest BCUT2D eigenvalue weighted by Gasteiger charge is 2.18. The summed E-state index contributed by atoms with van der Waals surface area (Å²) in [6.45, 7) is 3.16. The quantitative estimate of drug-likeness (QED) is 0.775. The van der Waals surface area contributed by atoms with Crippen molar-refractivity contribution in [1.82, 2.24) is 0 Å². The maximum Gasteiger partial charge on any atom is 0.203 e. The van der Waals surface area contributed by atoms with Crippen molar-refractivity contribution in [3.05, 3.63) is 17.7 Å². The van der Waals surface area contributed by atoms with Crippen LogP contribution in [0.3, 0.4) is 0 Å². The number of fused-ring (bicyclic) bond motifs is 1. The molecule has 94 valence electrons. The van der Waals surface area contributed by atoms with Crippen molar-refractivity contribution in [3.8, 4) is 17.2 Å². The Kier molecular flexibility index (Phi) is 4.00. The molecule has 0 amide bonds. The Bertz CT molecular complexity index is 373. The van der Waals surface area contributed by atoms with E-state index in [2.05, 4.69) is 0 Å². The lowest BCUT2D eigenvalue weighted by molar-refractivity contribution is 0.165. The molecular weight excluding hydrogens is 240 g/mol. The summed E-state index contributed by atoms with van der Waals surface area (Å²) in [4.78, 5) is 0. The maximum absolute atomic E-state index is 5.96. The molecular formula is C13H17ClO3. The number of hydrogen-bond acceptors (Lipinski definition) is 3. The molecule has 0 aliphatic carbocycles. The second kappa shape index (κ2) is 5.50. The molecule has 2 rings (SSSR count). The fourth-order valence-electron chi connectivity index (χ4n) is 1.84. The van der Waals surface area contributed by atoms with Gasteiger partial charge in [-0.3, -0.25) is 0 Å². The van der Waals surface area contributed by atoms with Gasteiger partial charge in [-0.1, -0.05) is 0 Å². The molecule has 0 radical (unpaired) electrons. The summed E-state index contributed by atoms with van der Waals surface area (Å²) in [7, 11) is 1.64. The second-order valence-corrected chi connectivity index (χ2v) is 4.89. The van der Waals surface area contributed by atoms with E-state index in [4.69, 9.17) is 25.8 Å². The summed E-state index contributed by atoms with van der Waals surface area (Å²) < 4.78 is 16.4. The number of methoxy groups -OCH3 is 1. The summed E-state index contributed by atoms with van der Waals surface area (Å²) in [5.74, 6) is 2.22. The molecule has 1 aliphatic heterocycles. The van der Waals surface area contributed by atoms with Crippen LogP contribution in [0, 0.1) is 0 Å². The van der Waals surface area contributed by atoms with Crippen LogP contribution in [0.25, 0.3) is 0 Å². The zero-order chi connectivity index (χ0) is 12.3. The minimum atomic E-state index is 0.175. The van der Waals surface area contributed by atoms with Crippen LogP contribution in [0.1, 0.15) is 18.9 Å². The molecule has 0 N–H and O–H groups in total. The van der Waals surface area contributed by atoms with Gasteiger partial charge < -0.3 is 14.2 Å². The van der Waals surface area contributed by atoms with Gasteiger partial charge in [0.2, 0.25) is 5.75 Å². The third-order valence-electron chi connectivity index (χ3n) is 2.72. The minimum absolute atomic E-state index is 0.175. The van der Waals surface area contributed by atoms with E-state index in [0.717, 1.165) is 24.3 Å². The topological polar surface area (TPSA) is 27.7 Å². The largest absolute Gasteiger partial charge is 0.493 e. The fraction of sp³-hybridized carbons (Fsp3) is 0.538. The molecule has 0 fully saturated rings. The number of hydrogen-bond donors (Lipinski definition) is 0. The predicted octanol–water partition coefficient (Wildman–Crippen LogP) is 3.03. The zero-order valence-electron chi connectivity index (χ0n) is 10.2. The lowest BCUT2D eigenvalue weighted by Gasteiger charge is -2.21. The highest BCUT2D eigenvalue weighted by Crippen LogP contribution is 2.40. The third-order valence-corrected chi connectivity index (χ3v) is 2.94. The molecule has 0 bridgehead atoms. The first kappa shape index (κ1) is 12.4. The monoisotopic (exact) mass is 256 g/mol. The standard InChI is InChI=1S/C13H17ClO3/c1-9(14)3-4-10-7-11(15-2)13-12(8-10)16-5-6-17-13/h7-9H,3-6H2,1-2H3. The van der Waals surface area contributed by atoms with Gasteiger partial charge in [0.1, 0.15) is 13.2 Å². The number of ether oxygens (including phenoxy) is 3. The van der Waals surface area contributed by atoms with Crippen LogP contribution >= 0.6 is 11.6 Å². The Balaban J connectivity index is 2.23. The first-order chi connectivity index (χ1) is 8.20.